The van der Waals surface area contributed by atoms with Crippen molar-refractivity contribution in [3.8, 4) is 17.5 Å². The Morgan fingerprint density at radius 3 is 2.28 bits per heavy atom. The molecule has 1 heterocycles. The van der Waals surface area contributed by atoms with Crippen molar-refractivity contribution >= 4 is 0 Å². The molecular weight excluding hydrogens is 465 g/mol. The summed E-state index contributed by atoms with van der Waals surface area (Å²) >= 11 is 0. The largest absolute Gasteiger partial charge is 0.494 e. The summed E-state index contributed by atoms with van der Waals surface area (Å²) in [6.07, 6.45) is 0. The Balaban J connectivity index is 1.98. The van der Waals surface area contributed by atoms with Crippen LogP contribution < -0.4 is 27.5 Å². The van der Waals surface area contributed by atoms with Crippen LogP contribution in [0.4, 0.5) is 4.39 Å². The lowest BCUT2D eigenvalue weighted by molar-refractivity contribution is 0.384. The molecule has 10 heteroatoms. The molecule has 3 aromatic carbocycles. The molecule has 36 heavy (non-hydrogen) atoms. The number of nitriles is 1. The van der Waals surface area contributed by atoms with Gasteiger partial charge >= 0.3 is 17.1 Å². The second-order valence-electron chi connectivity index (χ2n) is 7.96. The van der Waals surface area contributed by atoms with E-state index in [1.165, 1.54) is 25.3 Å². The Morgan fingerprint density at radius 1 is 0.917 bits per heavy atom. The summed E-state index contributed by atoms with van der Waals surface area (Å²) in [4.78, 5) is 40.3. The van der Waals surface area contributed by atoms with Gasteiger partial charge in [-0.2, -0.15) is 5.26 Å². The van der Waals surface area contributed by atoms with Crippen molar-refractivity contribution in [2.45, 2.75) is 19.1 Å². The summed E-state index contributed by atoms with van der Waals surface area (Å²) in [5, 5.41) is 9.45. The molecule has 4 aromatic rings. The van der Waals surface area contributed by atoms with Crippen molar-refractivity contribution in [3.05, 3.63) is 127 Å². The van der Waals surface area contributed by atoms with Crippen molar-refractivity contribution in [2.75, 3.05) is 7.11 Å². The summed E-state index contributed by atoms with van der Waals surface area (Å²) < 4.78 is 22.3. The van der Waals surface area contributed by atoms with Gasteiger partial charge in [0.05, 0.1) is 37.5 Å². The molecule has 0 amide bonds. The maximum Gasteiger partial charge on any atom is 0.341 e. The van der Waals surface area contributed by atoms with Crippen LogP contribution in [-0.2, 0) is 13.1 Å². The van der Waals surface area contributed by atoms with Gasteiger partial charge in [0, 0.05) is 6.04 Å². The molecule has 2 N–H and O–H groups in total. The van der Waals surface area contributed by atoms with E-state index in [-0.39, 0.29) is 30.1 Å². The molecule has 9 nitrogen and oxygen atoms in total. The quantitative estimate of drug-likeness (QED) is 0.425. The van der Waals surface area contributed by atoms with E-state index in [0.29, 0.717) is 15.7 Å². The van der Waals surface area contributed by atoms with Gasteiger partial charge in [0.2, 0.25) is 0 Å². The highest BCUT2D eigenvalue weighted by molar-refractivity contribution is 5.41. The van der Waals surface area contributed by atoms with Crippen molar-refractivity contribution in [2.24, 2.45) is 5.73 Å². The van der Waals surface area contributed by atoms with E-state index in [4.69, 9.17) is 10.5 Å². The molecule has 1 aromatic heterocycles. The number of hydrogen-bond acceptors (Lipinski definition) is 6. The fraction of sp³-hybridized carbons (Fsp3) is 0.154. The van der Waals surface area contributed by atoms with E-state index >= 15 is 4.39 Å². The number of halogens is 1. The molecule has 0 radical (unpaired) electrons. The van der Waals surface area contributed by atoms with Crippen LogP contribution in [-0.4, -0.2) is 20.8 Å². The fourth-order valence-electron chi connectivity index (χ4n) is 3.90. The maximum absolute atomic E-state index is 15.2. The minimum Gasteiger partial charge on any atom is -0.494 e. The predicted molar refractivity (Wildman–Crippen MR) is 131 cm³/mol. The number of methoxy groups -OCH3 is 1. The Bertz CT molecular complexity index is 1630. The van der Waals surface area contributed by atoms with Crippen LogP contribution in [0.2, 0.25) is 0 Å². The van der Waals surface area contributed by atoms with Gasteiger partial charge in [0.25, 0.3) is 0 Å². The lowest BCUT2D eigenvalue weighted by atomic mass is 10.1. The fourth-order valence-corrected chi connectivity index (χ4v) is 3.90. The zero-order chi connectivity index (χ0) is 25.8. The van der Waals surface area contributed by atoms with E-state index < -0.39 is 28.9 Å². The van der Waals surface area contributed by atoms with Gasteiger partial charge < -0.3 is 10.5 Å². The topological polar surface area (TPSA) is 125 Å². The zero-order valence-electron chi connectivity index (χ0n) is 19.3. The number of nitrogens with zero attached hydrogens (tertiary/aromatic N) is 4. The minimum atomic E-state index is -1.06. The van der Waals surface area contributed by atoms with Crippen molar-refractivity contribution in [3.63, 3.8) is 0 Å². The number of hydrogen-bond donors (Lipinski definition) is 1. The van der Waals surface area contributed by atoms with Crippen molar-refractivity contribution in [1.29, 1.82) is 5.26 Å². The van der Waals surface area contributed by atoms with E-state index in [1.807, 2.05) is 6.07 Å². The molecule has 0 saturated carbocycles. The lowest BCUT2D eigenvalue weighted by Crippen LogP contribution is -2.55. The van der Waals surface area contributed by atoms with Crippen LogP contribution in [0.25, 0.3) is 5.69 Å². The predicted octanol–water partition coefficient (Wildman–Crippen LogP) is 1.93. The van der Waals surface area contributed by atoms with E-state index in [2.05, 4.69) is 0 Å². The van der Waals surface area contributed by atoms with Crippen molar-refractivity contribution in [1.82, 2.24) is 13.7 Å². The van der Waals surface area contributed by atoms with Crippen LogP contribution in [0.3, 0.4) is 0 Å². The summed E-state index contributed by atoms with van der Waals surface area (Å²) in [5.74, 6) is -1.13. The number of aromatic nitrogens is 3. The van der Waals surface area contributed by atoms with Crippen LogP contribution in [0, 0.1) is 17.1 Å². The molecule has 0 fully saturated rings. The molecular formula is C26H22FN5O4. The minimum absolute atomic E-state index is 0.182. The van der Waals surface area contributed by atoms with Crippen molar-refractivity contribution < 1.29 is 9.13 Å². The molecule has 0 aliphatic carbocycles. The molecule has 182 valence electrons. The van der Waals surface area contributed by atoms with Crippen LogP contribution in [0.15, 0.2) is 87.2 Å². The van der Waals surface area contributed by atoms with Gasteiger partial charge in [-0.15, -0.1) is 0 Å². The highest BCUT2D eigenvalue weighted by Crippen LogP contribution is 2.21. The summed E-state index contributed by atoms with van der Waals surface area (Å²) in [6.45, 7) is -0.582. The van der Waals surface area contributed by atoms with Gasteiger partial charge in [-0.3, -0.25) is 0 Å². The first-order valence-electron chi connectivity index (χ1n) is 11.0. The first kappa shape index (κ1) is 24.4. The van der Waals surface area contributed by atoms with Gasteiger partial charge in [-0.05, 0) is 29.3 Å². The number of rotatable bonds is 7. The molecule has 1 unspecified atom stereocenters. The highest BCUT2D eigenvalue weighted by Gasteiger charge is 2.22. The lowest BCUT2D eigenvalue weighted by Gasteiger charge is -2.18. The Labute approximate surface area is 204 Å². The average molecular weight is 487 g/mol. The Hall–Kier alpha value is -4.75. The van der Waals surface area contributed by atoms with E-state index in [1.54, 1.807) is 54.6 Å². The van der Waals surface area contributed by atoms with Crippen LogP contribution in [0.5, 0.6) is 5.75 Å². The second-order valence-corrected chi connectivity index (χ2v) is 7.96. The normalized spacial score (nSPS) is 11.6. The Morgan fingerprint density at radius 2 is 1.58 bits per heavy atom. The third-order valence-corrected chi connectivity index (χ3v) is 5.78. The van der Waals surface area contributed by atoms with E-state index in [9.17, 15) is 19.6 Å². The van der Waals surface area contributed by atoms with E-state index in [0.717, 1.165) is 9.13 Å². The summed E-state index contributed by atoms with van der Waals surface area (Å²) in [5.41, 5.74) is 4.16. The molecule has 0 aliphatic rings. The maximum atomic E-state index is 15.2. The smallest absolute Gasteiger partial charge is 0.341 e. The summed E-state index contributed by atoms with van der Waals surface area (Å²) in [7, 11) is 1.25. The SMILES string of the molecule is COc1cccc(-n2c(=O)n(Cc3ccccc3C#N)c(=O)n(CC(N)c3ccccc3)c2=O)c1F. The molecule has 4 rings (SSSR count). The molecule has 0 spiro atoms. The first-order chi connectivity index (χ1) is 17.4. The van der Waals surface area contributed by atoms with Gasteiger partial charge in [0.15, 0.2) is 11.6 Å². The van der Waals surface area contributed by atoms with Crippen LogP contribution >= 0.6 is 0 Å². The number of ether oxygens (including phenoxy) is 1. The molecule has 0 saturated heterocycles. The third-order valence-electron chi connectivity index (χ3n) is 5.78. The Kier molecular flexibility index (Phi) is 6.94. The monoisotopic (exact) mass is 487 g/mol. The standard InChI is InChI=1S/C26H22FN5O4/c1-36-22-13-7-12-21(23(22)27)32-25(34)30(15-19-11-6-5-10-18(19)14-28)24(33)31(26(32)35)16-20(29)17-8-3-2-4-9-17/h2-13,20H,15-16,29H2,1H3. The number of benzene rings is 3. The van der Waals surface area contributed by atoms with Crippen LogP contribution in [0.1, 0.15) is 22.7 Å². The first-order valence-corrected chi connectivity index (χ1v) is 11.0. The zero-order valence-corrected chi connectivity index (χ0v) is 19.3. The van der Waals surface area contributed by atoms with Gasteiger partial charge in [-0.25, -0.2) is 32.5 Å². The average Bonchev–Trinajstić information content (AvgIpc) is 2.90. The molecule has 0 bridgehead atoms. The summed E-state index contributed by atoms with van der Waals surface area (Å²) in [6, 6.07) is 20.5. The number of nitrogens with two attached hydrogens (primary N) is 1. The van der Waals surface area contributed by atoms with Gasteiger partial charge in [0.1, 0.15) is 0 Å². The van der Waals surface area contributed by atoms with Gasteiger partial charge in [-0.1, -0.05) is 54.6 Å². The third kappa shape index (κ3) is 4.47. The molecule has 0 aliphatic heterocycles. The second kappa shape index (κ2) is 10.2. The highest BCUT2D eigenvalue weighted by atomic mass is 19.1. The molecule has 1 atom stereocenters.